The maximum atomic E-state index is 3.49. The molecule has 0 N–H and O–H groups in total. The van der Waals surface area contributed by atoms with Gasteiger partial charge in [-0.1, -0.05) is 64.5 Å². The van der Waals surface area contributed by atoms with Crippen LogP contribution in [0.3, 0.4) is 0 Å². The van der Waals surface area contributed by atoms with E-state index in [9.17, 15) is 0 Å². The lowest BCUT2D eigenvalue weighted by molar-refractivity contribution is 0.457. The molecule has 0 bridgehead atoms. The summed E-state index contributed by atoms with van der Waals surface area (Å²) in [6.45, 7) is 0.932. The van der Waals surface area contributed by atoms with Gasteiger partial charge in [0.2, 0.25) is 0 Å². The smallest absolute Gasteiger partial charge is 0.0345 e. The third-order valence-corrected chi connectivity index (χ3v) is 5.25. The molecule has 0 aliphatic rings. The van der Waals surface area contributed by atoms with Crippen molar-refractivity contribution in [3.05, 3.63) is 87.0 Å². The van der Waals surface area contributed by atoms with E-state index in [0.29, 0.717) is 0 Å². The summed E-state index contributed by atoms with van der Waals surface area (Å²) in [4.78, 5) is 3.50. The Bertz CT molecular complexity index is 800. The third kappa shape index (κ3) is 4.23. The van der Waals surface area contributed by atoms with Crippen LogP contribution in [0, 0.1) is 0 Å². The molecule has 1 heterocycles. The first-order valence-corrected chi connectivity index (χ1v) is 9.56. The predicted octanol–water partition coefficient (Wildman–Crippen LogP) is 6.17. The molecule has 0 saturated heterocycles. The van der Waals surface area contributed by atoms with E-state index in [1.165, 1.54) is 27.1 Å². The molecule has 0 aliphatic carbocycles. The van der Waals surface area contributed by atoms with Crippen molar-refractivity contribution in [2.45, 2.75) is 0 Å². The molecule has 0 spiro atoms. The highest BCUT2D eigenvalue weighted by Gasteiger charge is 2.07. The summed E-state index contributed by atoms with van der Waals surface area (Å²) in [5, 5.41) is 2.13. The minimum atomic E-state index is 0.932. The lowest BCUT2D eigenvalue weighted by atomic mass is 9.99. The Morgan fingerprint density at radius 1 is 0.958 bits per heavy atom. The third-order valence-electron chi connectivity index (χ3n) is 3.82. The SMILES string of the molecule is CN(C)C/C=C(/c1ccc(-c2ccc(Br)cc2)cc1)c1cccs1. The van der Waals surface area contributed by atoms with Crippen LogP contribution in [-0.2, 0) is 0 Å². The molecule has 0 aliphatic heterocycles. The molecule has 24 heavy (non-hydrogen) atoms. The average molecular weight is 398 g/mol. The molecule has 122 valence electrons. The lowest BCUT2D eigenvalue weighted by Crippen LogP contribution is -2.11. The molecule has 0 saturated carbocycles. The van der Waals surface area contributed by atoms with Gasteiger partial charge in [0, 0.05) is 15.9 Å². The Labute approximate surface area is 156 Å². The van der Waals surface area contributed by atoms with Gasteiger partial charge in [-0.05, 0) is 59.9 Å². The highest BCUT2D eigenvalue weighted by molar-refractivity contribution is 9.10. The molecule has 0 fully saturated rings. The zero-order valence-electron chi connectivity index (χ0n) is 13.9. The van der Waals surface area contributed by atoms with E-state index in [4.69, 9.17) is 0 Å². The van der Waals surface area contributed by atoms with E-state index in [1.807, 2.05) is 0 Å². The van der Waals surface area contributed by atoms with Crippen LogP contribution >= 0.6 is 27.3 Å². The molecule has 0 unspecified atom stereocenters. The second-order valence-electron chi connectivity index (χ2n) is 5.94. The Kier molecular flexibility index (Phi) is 5.67. The van der Waals surface area contributed by atoms with Crippen molar-refractivity contribution in [2.24, 2.45) is 0 Å². The Morgan fingerprint density at radius 2 is 1.58 bits per heavy atom. The van der Waals surface area contributed by atoms with Crippen LogP contribution in [0.1, 0.15) is 10.4 Å². The van der Waals surface area contributed by atoms with Crippen molar-refractivity contribution >= 4 is 32.8 Å². The molecule has 0 amide bonds. The molecule has 3 heteroatoms. The first-order chi connectivity index (χ1) is 11.6. The van der Waals surface area contributed by atoms with Crippen LogP contribution in [-0.4, -0.2) is 25.5 Å². The summed E-state index contributed by atoms with van der Waals surface area (Å²) in [5.41, 5.74) is 5.05. The van der Waals surface area contributed by atoms with Crippen LogP contribution < -0.4 is 0 Å². The van der Waals surface area contributed by atoms with Gasteiger partial charge in [-0.25, -0.2) is 0 Å². The predicted molar refractivity (Wildman–Crippen MR) is 110 cm³/mol. The number of thiophene rings is 1. The fourth-order valence-electron chi connectivity index (χ4n) is 2.55. The highest BCUT2D eigenvalue weighted by atomic mass is 79.9. The average Bonchev–Trinajstić information content (AvgIpc) is 3.10. The number of benzene rings is 2. The van der Waals surface area contributed by atoms with E-state index in [1.54, 1.807) is 11.3 Å². The van der Waals surface area contributed by atoms with E-state index in [0.717, 1.165) is 11.0 Å². The van der Waals surface area contributed by atoms with Crippen LogP contribution in [0.15, 0.2) is 76.6 Å². The van der Waals surface area contributed by atoms with E-state index >= 15 is 0 Å². The summed E-state index contributed by atoms with van der Waals surface area (Å²) in [5.74, 6) is 0. The summed E-state index contributed by atoms with van der Waals surface area (Å²) in [7, 11) is 4.19. The fourth-order valence-corrected chi connectivity index (χ4v) is 3.60. The highest BCUT2D eigenvalue weighted by Crippen LogP contribution is 2.29. The lowest BCUT2D eigenvalue weighted by Gasteiger charge is -2.11. The number of hydrogen-bond donors (Lipinski definition) is 0. The molecule has 0 radical (unpaired) electrons. The number of halogens is 1. The molecule has 1 nitrogen and oxygen atoms in total. The molecule has 0 atom stereocenters. The maximum absolute atomic E-state index is 3.49. The quantitative estimate of drug-likeness (QED) is 0.497. The van der Waals surface area contributed by atoms with Gasteiger partial charge in [-0.3, -0.25) is 0 Å². The van der Waals surface area contributed by atoms with Gasteiger partial charge in [0.1, 0.15) is 0 Å². The molecular weight excluding hydrogens is 378 g/mol. The molecular formula is C21H20BrNS. The van der Waals surface area contributed by atoms with Gasteiger partial charge >= 0.3 is 0 Å². The largest absolute Gasteiger partial charge is 0.306 e. The zero-order chi connectivity index (χ0) is 16.9. The van der Waals surface area contributed by atoms with Crippen molar-refractivity contribution in [1.82, 2.24) is 4.90 Å². The molecule has 3 rings (SSSR count). The van der Waals surface area contributed by atoms with Gasteiger partial charge < -0.3 is 4.90 Å². The van der Waals surface area contributed by atoms with Gasteiger partial charge in [0.25, 0.3) is 0 Å². The molecule has 3 aromatic rings. The van der Waals surface area contributed by atoms with Crippen LogP contribution in [0.5, 0.6) is 0 Å². The summed E-state index contributed by atoms with van der Waals surface area (Å²) >= 11 is 5.28. The number of rotatable bonds is 5. The fraction of sp³-hybridized carbons (Fsp3) is 0.143. The van der Waals surface area contributed by atoms with Crippen molar-refractivity contribution in [3.8, 4) is 11.1 Å². The minimum absolute atomic E-state index is 0.932. The maximum Gasteiger partial charge on any atom is 0.0345 e. The van der Waals surface area contributed by atoms with Crippen LogP contribution in [0.4, 0.5) is 0 Å². The summed E-state index contributed by atoms with van der Waals surface area (Å²) in [6.07, 6.45) is 2.31. The van der Waals surface area contributed by atoms with E-state index in [2.05, 4.69) is 107 Å². The Morgan fingerprint density at radius 3 is 2.12 bits per heavy atom. The number of likely N-dealkylation sites (N-methyl/N-ethyl adjacent to an activating group) is 1. The van der Waals surface area contributed by atoms with Gasteiger partial charge in [0.05, 0.1) is 0 Å². The Hall–Kier alpha value is -1.68. The van der Waals surface area contributed by atoms with Crippen LogP contribution in [0.2, 0.25) is 0 Å². The first kappa shape index (κ1) is 17.2. The second-order valence-corrected chi connectivity index (χ2v) is 7.80. The monoisotopic (exact) mass is 397 g/mol. The first-order valence-electron chi connectivity index (χ1n) is 7.88. The number of nitrogens with zero attached hydrogens (tertiary/aromatic N) is 1. The summed E-state index contributed by atoms with van der Waals surface area (Å²) < 4.78 is 1.11. The normalized spacial score (nSPS) is 11.9. The Balaban J connectivity index is 1.92. The van der Waals surface area contributed by atoms with E-state index in [-0.39, 0.29) is 0 Å². The molecule has 1 aromatic heterocycles. The van der Waals surface area contributed by atoms with Crippen molar-refractivity contribution in [3.63, 3.8) is 0 Å². The van der Waals surface area contributed by atoms with Gasteiger partial charge in [-0.15, -0.1) is 11.3 Å². The standard InChI is InChI=1S/C21H20BrNS/c1-23(2)14-13-20(21-4-3-15-24-21)18-7-5-16(6-8-18)17-9-11-19(22)12-10-17/h3-13,15H,14H2,1-2H3/b20-13-. The van der Waals surface area contributed by atoms with E-state index < -0.39 is 0 Å². The van der Waals surface area contributed by atoms with Gasteiger partial charge in [0.15, 0.2) is 0 Å². The summed E-state index contributed by atoms with van der Waals surface area (Å²) in [6, 6.07) is 21.6. The zero-order valence-corrected chi connectivity index (χ0v) is 16.3. The van der Waals surface area contributed by atoms with Crippen molar-refractivity contribution in [1.29, 1.82) is 0 Å². The topological polar surface area (TPSA) is 3.24 Å². The van der Waals surface area contributed by atoms with Crippen molar-refractivity contribution < 1.29 is 0 Å². The van der Waals surface area contributed by atoms with Crippen molar-refractivity contribution in [2.75, 3.05) is 20.6 Å². The molecule has 2 aromatic carbocycles. The number of hydrogen-bond acceptors (Lipinski definition) is 2. The van der Waals surface area contributed by atoms with Crippen LogP contribution in [0.25, 0.3) is 16.7 Å². The minimum Gasteiger partial charge on any atom is -0.306 e. The second kappa shape index (κ2) is 7.93. The van der Waals surface area contributed by atoms with Gasteiger partial charge in [-0.2, -0.15) is 0 Å².